The van der Waals surface area contributed by atoms with Crippen LogP contribution in [0.15, 0.2) is 33.1 Å². The summed E-state index contributed by atoms with van der Waals surface area (Å²) >= 11 is 5.07. The van der Waals surface area contributed by atoms with Crippen LogP contribution in [-0.2, 0) is 6.54 Å². The van der Waals surface area contributed by atoms with Crippen molar-refractivity contribution in [2.45, 2.75) is 26.4 Å². The van der Waals surface area contributed by atoms with Crippen LogP contribution in [0.5, 0.6) is 0 Å². The van der Waals surface area contributed by atoms with E-state index < -0.39 is 0 Å². The van der Waals surface area contributed by atoms with E-state index in [0.717, 1.165) is 4.47 Å². The number of imidazole rings is 1. The Morgan fingerprint density at radius 1 is 1.44 bits per heavy atom. The third-order valence-electron chi connectivity index (χ3n) is 2.38. The molecule has 0 saturated carbocycles. The number of aromatic nitrogens is 2. The van der Waals surface area contributed by atoms with E-state index in [1.165, 1.54) is 4.88 Å². The summed E-state index contributed by atoms with van der Waals surface area (Å²) in [7, 11) is 0. The van der Waals surface area contributed by atoms with Gasteiger partial charge in [-0.1, -0.05) is 0 Å². The molecular weight excluding hydrogens is 288 g/mol. The summed E-state index contributed by atoms with van der Waals surface area (Å²) in [5.74, 6) is 0. The Bertz CT molecular complexity index is 538. The van der Waals surface area contributed by atoms with Gasteiger partial charge in [0.15, 0.2) is 0 Å². The van der Waals surface area contributed by atoms with Gasteiger partial charge in [-0.3, -0.25) is 9.13 Å². The molecular formula is C11H13BrN2OS. The van der Waals surface area contributed by atoms with Crippen LogP contribution in [0.4, 0.5) is 0 Å². The summed E-state index contributed by atoms with van der Waals surface area (Å²) < 4.78 is 4.55. The smallest absolute Gasteiger partial charge is 0.297 e. The Hall–Kier alpha value is -0.810. The van der Waals surface area contributed by atoms with Crippen molar-refractivity contribution in [3.63, 3.8) is 0 Å². The van der Waals surface area contributed by atoms with Gasteiger partial charge in [-0.25, -0.2) is 4.79 Å². The predicted octanol–water partition coefficient (Wildman–Crippen LogP) is 3.10. The molecule has 0 bridgehead atoms. The molecule has 3 nitrogen and oxygen atoms in total. The van der Waals surface area contributed by atoms with Crippen LogP contribution in [-0.4, -0.2) is 9.13 Å². The Morgan fingerprint density at radius 2 is 2.19 bits per heavy atom. The van der Waals surface area contributed by atoms with Gasteiger partial charge in [0.2, 0.25) is 0 Å². The summed E-state index contributed by atoms with van der Waals surface area (Å²) in [4.78, 5) is 13.1. The van der Waals surface area contributed by atoms with Gasteiger partial charge in [0.05, 0.1) is 6.54 Å². The Morgan fingerprint density at radius 3 is 2.69 bits per heavy atom. The van der Waals surface area contributed by atoms with Crippen LogP contribution in [0.3, 0.4) is 0 Å². The number of rotatable bonds is 3. The number of halogens is 1. The highest BCUT2D eigenvalue weighted by molar-refractivity contribution is 9.10. The number of nitrogens with zero attached hydrogens (tertiary/aromatic N) is 2. The number of thiophene rings is 1. The van der Waals surface area contributed by atoms with Crippen LogP contribution in [0.25, 0.3) is 0 Å². The number of hydrogen-bond acceptors (Lipinski definition) is 2. The Labute approximate surface area is 106 Å². The van der Waals surface area contributed by atoms with E-state index in [1.54, 1.807) is 20.5 Å². The first-order valence-electron chi connectivity index (χ1n) is 5.08. The molecule has 0 radical (unpaired) electrons. The molecule has 0 aliphatic rings. The average Bonchev–Trinajstić information content (AvgIpc) is 2.76. The predicted molar refractivity (Wildman–Crippen MR) is 70.2 cm³/mol. The van der Waals surface area contributed by atoms with Crippen molar-refractivity contribution in [3.8, 4) is 0 Å². The molecule has 86 valence electrons. The minimum absolute atomic E-state index is 0.0551. The Kier molecular flexibility index (Phi) is 3.35. The van der Waals surface area contributed by atoms with E-state index in [2.05, 4.69) is 15.9 Å². The average molecular weight is 301 g/mol. The highest BCUT2D eigenvalue weighted by atomic mass is 79.9. The lowest BCUT2D eigenvalue weighted by Crippen LogP contribution is -2.25. The lowest BCUT2D eigenvalue weighted by molar-refractivity contribution is 0.562. The fourth-order valence-corrected chi connectivity index (χ4v) is 2.99. The molecule has 2 aromatic rings. The highest BCUT2D eigenvalue weighted by Gasteiger charge is 2.07. The summed E-state index contributed by atoms with van der Waals surface area (Å²) in [5.41, 5.74) is 0.0551. The second kappa shape index (κ2) is 4.59. The second-order valence-electron chi connectivity index (χ2n) is 3.94. The zero-order valence-electron chi connectivity index (χ0n) is 9.18. The maximum Gasteiger partial charge on any atom is 0.328 e. The third kappa shape index (κ3) is 2.30. The molecule has 0 aliphatic heterocycles. The monoisotopic (exact) mass is 300 g/mol. The van der Waals surface area contributed by atoms with E-state index in [4.69, 9.17) is 0 Å². The number of hydrogen-bond donors (Lipinski definition) is 0. The van der Waals surface area contributed by atoms with Crippen molar-refractivity contribution in [1.82, 2.24) is 9.13 Å². The van der Waals surface area contributed by atoms with Crippen molar-refractivity contribution < 1.29 is 0 Å². The largest absolute Gasteiger partial charge is 0.328 e. The van der Waals surface area contributed by atoms with Crippen molar-refractivity contribution >= 4 is 27.3 Å². The summed E-state index contributed by atoms with van der Waals surface area (Å²) in [6, 6.07) is 2.26. The van der Waals surface area contributed by atoms with Gasteiger partial charge in [0.1, 0.15) is 0 Å². The first kappa shape index (κ1) is 11.7. The zero-order valence-corrected chi connectivity index (χ0v) is 11.6. The van der Waals surface area contributed by atoms with Gasteiger partial charge in [-0.05, 0) is 35.8 Å². The molecule has 5 heteroatoms. The molecule has 0 amide bonds. The van der Waals surface area contributed by atoms with Gasteiger partial charge in [0, 0.05) is 33.2 Å². The maximum absolute atomic E-state index is 11.9. The van der Waals surface area contributed by atoms with E-state index in [-0.39, 0.29) is 11.7 Å². The SMILES string of the molecule is CC(C)n1ccn(Cc2cc(Br)cs2)c1=O. The zero-order chi connectivity index (χ0) is 11.7. The van der Waals surface area contributed by atoms with Crippen LogP contribution >= 0.6 is 27.3 Å². The van der Waals surface area contributed by atoms with Gasteiger partial charge in [-0.15, -0.1) is 11.3 Å². The van der Waals surface area contributed by atoms with Crippen LogP contribution < -0.4 is 5.69 Å². The molecule has 0 fully saturated rings. The van der Waals surface area contributed by atoms with Gasteiger partial charge >= 0.3 is 5.69 Å². The second-order valence-corrected chi connectivity index (χ2v) is 5.85. The summed E-state index contributed by atoms with van der Waals surface area (Å²) in [6.45, 7) is 4.66. The standard InChI is InChI=1S/C11H13BrN2OS/c1-8(2)14-4-3-13(11(14)15)6-10-5-9(12)7-16-10/h3-5,7-8H,6H2,1-2H3. The van der Waals surface area contributed by atoms with E-state index in [0.29, 0.717) is 6.54 Å². The molecule has 0 N–H and O–H groups in total. The first-order chi connectivity index (χ1) is 7.58. The molecule has 0 spiro atoms. The molecule has 0 aliphatic carbocycles. The summed E-state index contributed by atoms with van der Waals surface area (Å²) in [5, 5.41) is 2.03. The van der Waals surface area contributed by atoms with Crippen molar-refractivity contribution in [2.24, 2.45) is 0 Å². The summed E-state index contributed by atoms with van der Waals surface area (Å²) in [6.07, 6.45) is 3.69. The van der Waals surface area contributed by atoms with Crippen LogP contribution in [0.1, 0.15) is 24.8 Å². The Balaban J connectivity index is 2.26. The molecule has 0 aromatic carbocycles. The fraction of sp³-hybridized carbons (Fsp3) is 0.364. The fourth-order valence-electron chi connectivity index (χ4n) is 1.55. The minimum atomic E-state index is 0.0551. The molecule has 0 atom stereocenters. The van der Waals surface area contributed by atoms with E-state index in [9.17, 15) is 4.79 Å². The molecule has 2 heterocycles. The minimum Gasteiger partial charge on any atom is -0.297 e. The van der Waals surface area contributed by atoms with Gasteiger partial charge in [0.25, 0.3) is 0 Å². The van der Waals surface area contributed by atoms with E-state index >= 15 is 0 Å². The van der Waals surface area contributed by atoms with Crippen LogP contribution in [0.2, 0.25) is 0 Å². The van der Waals surface area contributed by atoms with Crippen molar-refractivity contribution in [3.05, 3.63) is 43.7 Å². The lowest BCUT2D eigenvalue weighted by atomic mass is 10.4. The quantitative estimate of drug-likeness (QED) is 0.856. The van der Waals surface area contributed by atoms with Gasteiger partial charge < -0.3 is 0 Å². The van der Waals surface area contributed by atoms with Crippen LogP contribution in [0, 0.1) is 0 Å². The third-order valence-corrected chi connectivity index (χ3v) is 4.06. The lowest BCUT2D eigenvalue weighted by Gasteiger charge is -2.04. The molecule has 2 rings (SSSR count). The normalized spacial score (nSPS) is 11.2. The topological polar surface area (TPSA) is 26.9 Å². The van der Waals surface area contributed by atoms with Crippen molar-refractivity contribution in [1.29, 1.82) is 0 Å². The molecule has 0 unspecified atom stereocenters. The molecule has 2 aromatic heterocycles. The first-order valence-corrected chi connectivity index (χ1v) is 6.75. The molecule has 0 saturated heterocycles. The van der Waals surface area contributed by atoms with Gasteiger partial charge in [-0.2, -0.15) is 0 Å². The van der Waals surface area contributed by atoms with Crippen molar-refractivity contribution in [2.75, 3.05) is 0 Å². The maximum atomic E-state index is 11.9. The van der Waals surface area contributed by atoms with E-state index in [1.807, 2.05) is 37.7 Å². The highest BCUT2D eigenvalue weighted by Crippen LogP contribution is 2.20. The molecule has 16 heavy (non-hydrogen) atoms.